The summed E-state index contributed by atoms with van der Waals surface area (Å²) in [6, 6.07) is 12.1. The van der Waals surface area contributed by atoms with E-state index in [4.69, 9.17) is 23.9 Å². The van der Waals surface area contributed by atoms with Crippen molar-refractivity contribution in [3.05, 3.63) is 53.1 Å². The predicted octanol–water partition coefficient (Wildman–Crippen LogP) is 4.05. The second kappa shape index (κ2) is 13.4. The fraction of sp³-hybridized carbons (Fsp3) is 0.458. The van der Waals surface area contributed by atoms with Crippen LogP contribution in [0.2, 0.25) is 0 Å². The van der Waals surface area contributed by atoms with Gasteiger partial charge in [0.25, 0.3) is 0 Å². The first-order valence-corrected chi connectivity index (χ1v) is 10.7. The highest BCUT2D eigenvalue weighted by atomic mass is 127. The van der Waals surface area contributed by atoms with Crippen LogP contribution in [0.3, 0.4) is 0 Å². The molecule has 1 saturated heterocycles. The minimum Gasteiger partial charge on any atom is -0.493 e. The van der Waals surface area contributed by atoms with Crippen molar-refractivity contribution in [1.29, 1.82) is 0 Å². The van der Waals surface area contributed by atoms with Crippen LogP contribution in [0.1, 0.15) is 30.0 Å². The molecule has 0 amide bonds. The van der Waals surface area contributed by atoms with Crippen molar-refractivity contribution in [1.82, 2.24) is 10.6 Å². The zero-order valence-electron chi connectivity index (χ0n) is 19.3. The molecule has 0 aliphatic carbocycles. The average molecular weight is 555 g/mol. The molecule has 1 aliphatic rings. The number of aliphatic imine (C=N–C) groups is 1. The Morgan fingerprint density at radius 1 is 1.06 bits per heavy atom. The van der Waals surface area contributed by atoms with Crippen molar-refractivity contribution in [2.24, 2.45) is 4.99 Å². The molecule has 32 heavy (non-hydrogen) atoms. The van der Waals surface area contributed by atoms with Gasteiger partial charge in [0.1, 0.15) is 11.9 Å². The molecule has 176 valence electrons. The summed E-state index contributed by atoms with van der Waals surface area (Å²) in [5.41, 5.74) is 3.30. The van der Waals surface area contributed by atoms with Gasteiger partial charge in [0, 0.05) is 25.1 Å². The van der Waals surface area contributed by atoms with Gasteiger partial charge in [0.2, 0.25) is 0 Å². The van der Waals surface area contributed by atoms with Crippen LogP contribution in [-0.4, -0.2) is 46.0 Å². The zero-order valence-corrected chi connectivity index (χ0v) is 21.6. The Bertz CT molecular complexity index is 886. The fourth-order valence-electron chi connectivity index (χ4n) is 3.37. The molecule has 0 saturated carbocycles. The summed E-state index contributed by atoms with van der Waals surface area (Å²) in [7, 11) is 3.26. The number of benzene rings is 2. The van der Waals surface area contributed by atoms with E-state index in [9.17, 15) is 0 Å². The Labute approximate surface area is 207 Å². The Balaban J connectivity index is 0.00000363. The third kappa shape index (κ3) is 7.44. The zero-order chi connectivity index (χ0) is 22.1. The minimum absolute atomic E-state index is 0. The second-order valence-corrected chi connectivity index (χ2v) is 7.45. The van der Waals surface area contributed by atoms with Crippen LogP contribution in [0, 0.1) is 6.92 Å². The van der Waals surface area contributed by atoms with Crippen molar-refractivity contribution < 1.29 is 18.9 Å². The van der Waals surface area contributed by atoms with Crippen LogP contribution in [0.5, 0.6) is 17.2 Å². The lowest BCUT2D eigenvalue weighted by Crippen LogP contribution is -2.37. The van der Waals surface area contributed by atoms with Gasteiger partial charge in [-0.3, -0.25) is 0 Å². The first-order valence-electron chi connectivity index (χ1n) is 10.7. The number of halogens is 1. The van der Waals surface area contributed by atoms with Gasteiger partial charge < -0.3 is 29.6 Å². The van der Waals surface area contributed by atoms with Gasteiger partial charge in [0.15, 0.2) is 17.5 Å². The number of hydrogen-bond donors (Lipinski definition) is 2. The van der Waals surface area contributed by atoms with Crippen LogP contribution in [0.4, 0.5) is 0 Å². The van der Waals surface area contributed by atoms with Crippen LogP contribution in [-0.2, 0) is 17.8 Å². The molecule has 0 aromatic heterocycles. The quantitative estimate of drug-likeness (QED) is 0.277. The van der Waals surface area contributed by atoms with Crippen LogP contribution in [0.15, 0.2) is 41.4 Å². The molecule has 1 heterocycles. The molecule has 1 fully saturated rings. The lowest BCUT2D eigenvalue weighted by Gasteiger charge is -2.18. The summed E-state index contributed by atoms with van der Waals surface area (Å²) >= 11 is 0. The number of nitrogens with zero attached hydrogens (tertiary/aromatic N) is 1. The average Bonchev–Trinajstić information content (AvgIpc) is 3.29. The first kappa shape index (κ1) is 26.1. The van der Waals surface area contributed by atoms with Crippen LogP contribution < -0.4 is 24.8 Å². The number of ether oxygens (including phenoxy) is 4. The summed E-state index contributed by atoms with van der Waals surface area (Å²) < 4.78 is 22.3. The molecular formula is C24H34IN3O4. The van der Waals surface area contributed by atoms with E-state index in [1.807, 2.05) is 25.1 Å². The molecule has 2 aromatic rings. The molecule has 2 N–H and O–H groups in total. The Hall–Kier alpha value is -2.20. The molecule has 1 atom stereocenters. The van der Waals surface area contributed by atoms with Gasteiger partial charge in [-0.15, -0.1) is 24.0 Å². The number of guanidine groups is 1. The normalized spacial score (nSPS) is 15.6. The van der Waals surface area contributed by atoms with Crippen molar-refractivity contribution in [3.63, 3.8) is 0 Å². The van der Waals surface area contributed by atoms with Gasteiger partial charge in [-0.25, -0.2) is 4.99 Å². The molecule has 0 bridgehead atoms. The molecular weight excluding hydrogens is 521 g/mol. The lowest BCUT2D eigenvalue weighted by atomic mass is 10.1. The fourth-order valence-corrected chi connectivity index (χ4v) is 3.37. The Morgan fingerprint density at radius 3 is 2.56 bits per heavy atom. The highest BCUT2D eigenvalue weighted by molar-refractivity contribution is 14.0. The monoisotopic (exact) mass is 555 g/mol. The molecule has 7 nitrogen and oxygen atoms in total. The summed E-state index contributed by atoms with van der Waals surface area (Å²) in [5, 5.41) is 6.72. The molecule has 0 radical (unpaired) electrons. The third-order valence-corrected chi connectivity index (χ3v) is 5.06. The summed E-state index contributed by atoms with van der Waals surface area (Å²) in [6.45, 7) is 7.44. The standard InChI is InChI=1S/C24H33N3O4.HI/c1-5-25-24(26-14-18-7-9-21(28-3)23(13-18)29-4)27-15-19-8-6-17(2)12-22(19)31-20-10-11-30-16-20;/h6-9,12-13,20H,5,10-11,14-16H2,1-4H3,(H2,25,26,27);1H. The molecule has 1 aliphatic heterocycles. The maximum Gasteiger partial charge on any atom is 0.191 e. The van der Waals surface area contributed by atoms with E-state index >= 15 is 0 Å². The van der Waals surface area contributed by atoms with Gasteiger partial charge in [-0.05, 0) is 43.2 Å². The molecule has 2 aromatic carbocycles. The topological polar surface area (TPSA) is 73.3 Å². The molecule has 0 spiro atoms. The van der Waals surface area contributed by atoms with E-state index in [0.717, 1.165) is 42.4 Å². The van der Waals surface area contributed by atoms with Crippen molar-refractivity contribution in [2.45, 2.75) is 39.5 Å². The minimum atomic E-state index is 0. The number of nitrogens with one attached hydrogen (secondary N) is 2. The number of rotatable bonds is 9. The van der Waals surface area contributed by atoms with Crippen molar-refractivity contribution in [3.8, 4) is 17.2 Å². The first-order chi connectivity index (χ1) is 15.1. The maximum absolute atomic E-state index is 6.21. The lowest BCUT2D eigenvalue weighted by molar-refractivity contribution is 0.140. The van der Waals surface area contributed by atoms with Gasteiger partial charge in [0.05, 0.1) is 34.0 Å². The summed E-state index contributed by atoms with van der Waals surface area (Å²) in [6.07, 6.45) is 1.04. The van der Waals surface area contributed by atoms with E-state index in [1.54, 1.807) is 14.2 Å². The second-order valence-electron chi connectivity index (χ2n) is 7.45. The van der Waals surface area contributed by atoms with E-state index in [2.05, 4.69) is 35.8 Å². The van der Waals surface area contributed by atoms with E-state index in [0.29, 0.717) is 31.2 Å². The van der Waals surface area contributed by atoms with Crippen LogP contribution >= 0.6 is 24.0 Å². The third-order valence-electron chi connectivity index (χ3n) is 5.06. The number of aryl methyl sites for hydroxylation is 1. The maximum atomic E-state index is 6.21. The van der Waals surface area contributed by atoms with Crippen molar-refractivity contribution >= 4 is 29.9 Å². The number of hydrogen-bond acceptors (Lipinski definition) is 5. The number of methoxy groups -OCH3 is 2. The smallest absolute Gasteiger partial charge is 0.191 e. The summed E-state index contributed by atoms with van der Waals surface area (Å²) in [5.74, 6) is 3.05. The predicted molar refractivity (Wildman–Crippen MR) is 138 cm³/mol. The highest BCUT2D eigenvalue weighted by Crippen LogP contribution is 2.28. The highest BCUT2D eigenvalue weighted by Gasteiger charge is 2.18. The summed E-state index contributed by atoms with van der Waals surface area (Å²) in [4.78, 5) is 4.72. The molecule has 8 heteroatoms. The van der Waals surface area contributed by atoms with Gasteiger partial charge >= 0.3 is 0 Å². The SMILES string of the molecule is CCNC(=NCc1ccc(OC)c(OC)c1)NCc1ccc(C)cc1OC1CCOC1.I. The van der Waals surface area contributed by atoms with Crippen molar-refractivity contribution in [2.75, 3.05) is 34.0 Å². The largest absolute Gasteiger partial charge is 0.493 e. The van der Waals surface area contributed by atoms with Gasteiger partial charge in [-0.2, -0.15) is 0 Å². The van der Waals surface area contributed by atoms with Crippen LogP contribution in [0.25, 0.3) is 0 Å². The molecule has 3 rings (SSSR count). The Morgan fingerprint density at radius 2 is 1.88 bits per heavy atom. The Kier molecular flexibility index (Phi) is 10.9. The molecule has 1 unspecified atom stereocenters. The van der Waals surface area contributed by atoms with E-state index in [-0.39, 0.29) is 30.1 Å². The van der Waals surface area contributed by atoms with E-state index < -0.39 is 0 Å². The van der Waals surface area contributed by atoms with E-state index in [1.165, 1.54) is 5.56 Å². The van der Waals surface area contributed by atoms with Gasteiger partial charge in [-0.1, -0.05) is 18.2 Å².